The van der Waals surface area contributed by atoms with Gasteiger partial charge < -0.3 is 10.6 Å². The lowest BCUT2D eigenvalue weighted by Gasteiger charge is -2.28. The zero-order valence-corrected chi connectivity index (χ0v) is 18.8. The molecule has 36 heavy (non-hydrogen) atoms. The summed E-state index contributed by atoms with van der Waals surface area (Å²) in [4.78, 5) is 40.1. The number of nitrogens with zero attached hydrogens (tertiary/aromatic N) is 8. The van der Waals surface area contributed by atoms with E-state index in [0.717, 1.165) is 12.3 Å². The number of hydrogen-bond donors (Lipinski definition) is 1. The van der Waals surface area contributed by atoms with Crippen LogP contribution in [-0.4, -0.2) is 45.1 Å². The fourth-order valence-corrected chi connectivity index (χ4v) is 3.75. The summed E-state index contributed by atoms with van der Waals surface area (Å²) in [5, 5.41) is 0. The van der Waals surface area contributed by atoms with Crippen molar-refractivity contribution in [1.29, 1.82) is 0 Å². The average molecular weight is 493 g/mol. The van der Waals surface area contributed by atoms with Gasteiger partial charge in [-0.2, -0.15) is 13.2 Å². The maximum atomic E-state index is 13.7. The third kappa shape index (κ3) is 4.26. The third-order valence-corrected chi connectivity index (χ3v) is 5.65. The quantitative estimate of drug-likeness (QED) is 0.394. The number of amides is 1. The van der Waals surface area contributed by atoms with Gasteiger partial charge in [0, 0.05) is 18.6 Å². The summed E-state index contributed by atoms with van der Waals surface area (Å²) < 4.78 is 40.6. The van der Waals surface area contributed by atoms with Crippen molar-refractivity contribution >= 4 is 28.3 Å². The molecule has 1 amide bonds. The number of carbonyl (C=O) groups excluding carboxylic acids is 1. The molecule has 10 nitrogen and oxygen atoms in total. The molecule has 0 spiro atoms. The first kappa shape index (κ1) is 23.1. The topological polar surface area (TPSA) is 128 Å². The van der Waals surface area contributed by atoms with Gasteiger partial charge in [-0.05, 0) is 31.2 Å². The second kappa shape index (κ2) is 8.83. The van der Waals surface area contributed by atoms with E-state index >= 15 is 0 Å². The van der Waals surface area contributed by atoms with Gasteiger partial charge in [-0.3, -0.25) is 14.2 Å². The SMILES string of the molecule is C[C@H](c1ncccn1)N(Cc1ccc(C(F)(F)F)cn1)C(=O)c1cc2c(cn1)nc(N)c1cncn12. The van der Waals surface area contributed by atoms with Gasteiger partial charge in [-0.1, -0.05) is 0 Å². The Kier molecular flexibility index (Phi) is 5.66. The Bertz CT molecular complexity index is 1550. The molecule has 0 bridgehead atoms. The summed E-state index contributed by atoms with van der Waals surface area (Å²) in [5.41, 5.74) is 7.03. The number of anilines is 1. The van der Waals surface area contributed by atoms with Crippen LogP contribution in [0.1, 0.15) is 40.5 Å². The maximum Gasteiger partial charge on any atom is 0.417 e. The summed E-state index contributed by atoms with van der Waals surface area (Å²) >= 11 is 0. The van der Waals surface area contributed by atoms with Gasteiger partial charge >= 0.3 is 6.18 Å². The van der Waals surface area contributed by atoms with Gasteiger partial charge in [0.1, 0.15) is 28.4 Å². The molecule has 2 N–H and O–H groups in total. The van der Waals surface area contributed by atoms with Gasteiger partial charge in [0.05, 0.1) is 48.1 Å². The monoisotopic (exact) mass is 493 g/mol. The Hall–Kier alpha value is -4.68. The first-order chi connectivity index (χ1) is 17.2. The van der Waals surface area contributed by atoms with E-state index in [1.165, 1.54) is 29.6 Å². The van der Waals surface area contributed by atoms with Crippen LogP contribution in [0.15, 0.2) is 61.6 Å². The van der Waals surface area contributed by atoms with E-state index in [1.807, 2.05) is 0 Å². The van der Waals surface area contributed by atoms with E-state index in [9.17, 15) is 18.0 Å². The summed E-state index contributed by atoms with van der Waals surface area (Å²) in [7, 11) is 0. The minimum absolute atomic E-state index is 0.0822. The van der Waals surface area contributed by atoms with Crippen molar-refractivity contribution in [3.63, 3.8) is 0 Å². The first-order valence-electron chi connectivity index (χ1n) is 10.7. The normalized spacial score (nSPS) is 12.7. The second-order valence-corrected chi connectivity index (χ2v) is 7.96. The van der Waals surface area contributed by atoms with E-state index < -0.39 is 23.7 Å². The molecule has 182 valence electrons. The van der Waals surface area contributed by atoms with Gasteiger partial charge in [-0.25, -0.2) is 24.9 Å². The van der Waals surface area contributed by atoms with E-state index in [-0.39, 0.29) is 23.8 Å². The fraction of sp³-hybridized carbons (Fsp3) is 0.174. The molecule has 1 atom stereocenters. The van der Waals surface area contributed by atoms with Crippen molar-refractivity contribution in [3.8, 4) is 0 Å². The highest BCUT2D eigenvalue weighted by Crippen LogP contribution is 2.29. The Morgan fingerprint density at radius 2 is 1.86 bits per heavy atom. The van der Waals surface area contributed by atoms with Crippen LogP contribution in [0.25, 0.3) is 16.6 Å². The number of hydrogen-bond acceptors (Lipinski definition) is 8. The molecule has 0 unspecified atom stereocenters. The molecule has 0 saturated carbocycles. The standard InChI is InChI=1S/C23H18F3N9O/c1-13(21-29-5-2-6-30-21)34(11-15-4-3-14(8-31-15)23(24,25)26)22(36)16-7-18-17(9-32-16)33-20(27)19-10-28-12-35(18)19/h2-10,12-13H,11H2,1H3,(H2,27,33)/t13-/m1/s1. The fourth-order valence-electron chi connectivity index (χ4n) is 3.75. The van der Waals surface area contributed by atoms with Crippen LogP contribution in [0, 0.1) is 0 Å². The van der Waals surface area contributed by atoms with Crippen molar-refractivity contribution < 1.29 is 18.0 Å². The summed E-state index contributed by atoms with van der Waals surface area (Å²) in [6, 6.07) is 4.72. The minimum atomic E-state index is -4.52. The number of nitrogen functional groups attached to an aromatic ring is 1. The number of nitrogens with two attached hydrogens (primary N) is 1. The number of pyridine rings is 2. The van der Waals surface area contributed by atoms with E-state index in [2.05, 4.69) is 29.9 Å². The van der Waals surface area contributed by atoms with Crippen LogP contribution < -0.4 is 5.73 Å². The van der Waals surface area contributed by atoms with Crippen molar-refractivity contribution in [2.24, 2.45) is 0 Å². The molecule has 0 saturated heterocycles. The predicted molar refractivity (Wildman–Crippen MR) is 122 cm³/mol. The number of carbonyl (C=O) groups is 1. The lowest BCUT2D eigenvalue weighted by Crippen LogP contribution is -2.35. The summed E-state index contributed by atoms with van der Waals surface area (Å²) in [5.74, 6) is 0.124. The molecule has 0 aliphatic carbocycles. The molecular formula is C23H18F3N9O. The molecule has 0 aliphatic heterocycles. The van der Waals surface area contributed by atoms with Crippen LogP contribution in [0.3, 0.4) is 0 Å². The van der Waals surface area contributed by atoms with Crippen molar-refractivity contribution in [2.75, 3.05) is 5.73 Å². The van der Waals surface area contributed by atoms with Crippen LogP contribution in [0.4, 0.5) is 19.0 Å². The van der Waals surface area contributed by atoms with Gasteiger partial charge in [0.15, 0.2) is 0 Å². The molecule has 13 heteroatoms. The Labute approximate surface area is 201 Å². The van der Waals surface area contributed by atoms with Gasteiger partial charge in [0.25, 0.3) is 5.91 Å². The van der Waals surface area contributed by atoms with Gasteiger partial charge in [-0.15, -0.1) is 0 Å². The van der Waals surface area contributed by atoms with Crippen LogP contribution in [0.2, 0.25) is 0 Å². The number of fused-ring (bicyclic) bond motifs is 3. The van der Waals surface area contributed by atoms with Crippen molar-refractivity contribution in [3.05, 3.63) is 84.4 Å². The molecule has 5 aromatic heterocycles. The molecule has 0 aromatic carbocycles. The highest BCUT2D eigenvalue weighted by Gasteiger charge is 2.31. The number of halogens is 3. The Balaban J connectivity index is 1.55. The smallest absolute Gasteiger partial charge is 0.382 e. The molecule has 5 rings (SSSR count). The van der Waals surface area contributed by atoms with E-state index in [1.54, 1.807) is 36.0 Å². The summed E-state index contributed by atoms with van der Waals surface area (Å²) in [6.45, 7) is 1.62. The largest absolute Gasteiger partial charge is 0.417 e. The molecular weight excluding hydrogens is 475 g/mol. The first-order valence-corrected chi connectivity index (χ1v) is 10.7. The zero-order chi connectivity index (χ0) is 25.4. The van der Waals surface area contributed by atoms with Crippen molar-refractivity contribution in [1.82, 2.24) is 39.2 Å². The van der Waals surface area contributed by atoms with Crippen molar-refractivity contribution in [2.45, 2.75) is 25.7 Å². The van der Waals surface area contributed by atoms with Crippen LogP contribution in [-0.2, 0) is 12.7 Å². The van der Waals surface area contributed by atoms with Crippen LogP contribution in [0.5, 0.6) is 0 Å². The lowest BCUT2D eigenvalue weighted by atomic mass is 10.1. The predicted octanol–water partition coefficient (Wildman–Crippen LogP) is 3.47. The molecule has 5 heterocycles. The highest BCUT2D eigenvalue weighted by molar-refractivity contribution is 5.96. The third-order valence-electron chi connectivity index (χ3n) is 5.65. The number of imidazole rings is 1. The van der Waals surface area contributed by atoms with Gasteiger partial charge in [0.2, 0.25) is 0 Å². The number of alkyl halides is 3. The average Bonchev–Trinajstić information content (AvgIpc) is 3.38. The molecule has 5 aromatic rings. The molecule has 0 fully saturated rings. The Morgan fingerprint density at radius 1 is 1.08 bits per heavy atom. The second-order valence-electron chi connectivity index (χ2n) is 7.96. The number of aromatic nitrogens is 7. The Morgan fingerprint density at radius 3 is 2.56 bits per heavy atom. The minimum Gasteiger partial charge on any atom is -0.382 e. The maximum absolute atomic E-state index is 13.7. The van der Waals surface area contributed by atoms with E-state index in [0.29, 0.717) is 22.4 Å². The lowest BCUT2D eigenvalue weighted by molar-refractivity contribution is -0.137. The zero-order valence-electron chi connectivity index (χ0n) is 18.8. The number of rotatable bonds is 5. The summed E-state index contributed by atoms with van der Waals surface area (Å²) in [6.07, 6.45) is 3.83. The molecule has 0 aliphatic rings. The van der Waals surface area contributed by atoms with Crippen LogP contribution >= 0.6 is 0 Å². The molecule has 0 radical (unpaired) electrons. The van der Waals surface area contributed by atoms with E-state index in [4.69, 9.17) is 5.73 Å². The highest BCUT2D eigenvalue weighted by atomic mass is 19.4.